The van der Waals surface area contributed by atoms with Crippen LogP contribution in [0.25, 0.3) is 5.65 Å². The van der Waals surface area contributed by atoms with Crippen LogP contribution in [0.2, 0.25) is 0 Å². The lowest BCUT2D eigenvalue weighted by atomic mass is 9.91. The number of rotatable bonds is 1. The molecule has 4 heteroatoms. The van der Waals surface area contributed by atoms with E-state index in [1.165, 1.54) is 0 Å². The first-order valence-electron chi connectivity index (χ1n) is 5.31. The normalized spacial score (nSPS) is 12.3. The second-order valence-electron chi connectivity index (χ2n) is 4.90. The molecule has 0 fully saturated rings. The average molecular weight is 282 g/mol. The number of fused-ring (bicyclic) bond motifs is 1. The van der Waals surface area contributed by atoms with Crippen molar-refractivity contribution in [1.82, 2.24) is 9.38 Å². The monoisotopic (exact) mass is 281 g/mol. The molecule has 2 heterocycles. The average Bonchev–Trinajstić information content (AvgIpc) is 2.57. The van der Waals surface area contributed by atoms with Crippen LogP contribution >= 0.6 is 15.9 Å². The number of nitrogens with zero attached hydrogens (tertiary/aromatic N) is 2. The zero-order valence-corrected chi connectivity index (χ0v) is 11.4. The van der Waals surface area contributed by atoms with Gasteiger partial charge in [0.15, 0.2) is 0 Å². The fourth-order valence-electron chi connectivity index (χ4n) is 1.90. The van der Waals surface area contributed by atoms with Gasteiger partial charge < -0.3 is 5.73 Å². The molecule has 0 amide bonds. The van der Waals surface area contributed by atoms with Crippen molar-refractivity contribution >= 4 is 21.6 Å². The van der Waals surface area contributed by atoms with E-state index in [2.05, 4.69) is 46.1 Å². The molecular formula is C12H16BrN3. The molecule has 0 atom stereocenters. The predicted molar refractivity (Wildman–Crippen MR) is 69.5 cm³/mol. The third kappa shape index (κ3) is 1.76. The second kappa shape index (κ2) is 3.86. The van der Waals surface area contributed by atoms with Gasteiger partial charge in [-0.2, -0.15) is 0 Å². The maximum Gasteiger partial charge on any atom is 0.138 e. The van der Waals surface area contributed by atoms with Crippen molar-refractivity contribution in [2.75, 3.05) is 0 Å². The molecule has 0 saturated heterocycles. The van der Waals surface area contributed by atoms with E-state index >= 15 is 0 Å². The largest absolute Gasteiger partial charge is 0.325 e. The number of hydrogen-bond donors (Lipinski definition) is 1. The number of imidazole rings is 1. The highest BCUT2D eigenvalue weighted by Crippen LogP contribution is 2.28. The minimum absolute atomic E-state index is 0.0141. The maximum atomic E-state index is 5.85. The molecule has 86 valence electrons. The zero-order valence-electron chi connectivity index (χ0n) is 9.79. The molecule has 3 nitrogen and oxygen atoms in total. The molecule has 16 heavy (non-hydrogen) atoms. The first-order valence-corrected chi connectivity index (χ1v) is 6.11. The quantitative estimate of drug-likeness (QED) is 0.817. The highest BCUT2D eigenvalue weighted by atomic mass is 79.9. The Morgan fingerprint density at radius 1 is 1.38 bits per heavy atom. The van der Waals surface area contributed by atoms with Gasteiger partial charge in [-0.25, -0.2) is 4.98 Å². The Labute approximate surface area is 104 Å². The molecule has 0 saturated carbocycles. The van der Waals surface area contributed by atoms with Gasteiger partial charge in [-0.15, -0.1) is 0 Å². The van der Waals surface area contributed by atoms with Gasteiger partial charge in [-0.1, -0.05) is 26.8 Å². The molecule has 0 aromatic carbocycles. The SMILES string of the molecule is CC(C)(C)c1nc2cccc(Br)n2c1CN. The van der Waals surface area contributed by atoms with E-state index in [0.717, 1.165) is 21.6 Å². The number of nitrogens with two attached hydrogens (primary N) is 1. The molecule has 0 aliphatic rings. The lowest BCUT2D eigenvalue weighted by molar-refractivity contribution is 0.564. The topological polar surface area (TPSA) is 43.3 Å². The van der Waals surface area contributed by atoms with Crippen molar-refractivity contribution in [3.63, 3.8) is 0 Å². The molecule has 0 aliphatic heterocycles. The lowest BCUT2D eigenvalue weighted by Gasteiger charge is -2.17. The molecule has 2 aromatic rings. The first kappa shape index (κ1) is 11.6. The van der Waals surface area contributed by atoms with E-state index in [1.807, 2.05) is 18.2 Å². The van der Waals surface area contributed by atoms with E-state index < -0.39 is 0 Å². The van der Waals surface area contributed by atoms with Crippen LogP contribution in [-0.2, 0) is 12.0 Å². The summed E-state index contributed by atoms with van der Waals surface area (Å²) < 4.78 is 3.06. The van der Waals surface area contributed by atoms with E-state index in [4.69, 9.17) is 5.73 Å². The Morgan fingerprint density at radius 2 is 2.06 bits per heavy atom. The fourth-order valence-corrected chi connectivity index (χ4v) is 2.45. The number of pyridine rings is 1. The van der Waals surface area contributed by atoms with Gasteiger partial charge in [0.25, 0.3) is 0 Å². The van der Waals surface area contributed by atoms with Crippen LogP contribution in [0, 0.1) is 0 Å². The summed E-state index contributed by atoms with van der Waals surface area (Å²) in [5, 5.41) is 0. The summed E-state index contributed by atoms with van der Waals surface area (Å²) in [6, 6.07) is 5.98. The Bertz CT molecular complexity index is 523. The first-order chi connectivity index (χ1) is 7.45. The molecule has 0 bridgehead atoms. The van der Waals surface area contributed by atoms with E-state index in [-0.39, 0.29) is 5.41 Å². The van der Waals surface area contributed by atoms with E-state index in [9.17, 15) is 0 Å². The van der Waals surface area contributed by atoms with Crippen LogP contribution in [0.1, 0.15) is 32.2 Å². The van der Waals surface area contributed by atoms with Crippen LogP contribution in [0.5, 0.6) is 0 Å². The highest BCUT2D eigenvalue weighted by Gasteiger charge is 2.23. The van der Waals surface area contributed by atoms with Crippen LogP contribution < -0.4 is 5.73 Å². The van der Waals surface area contributed by atoms with Crippen LogP contribution in [0.3, 0.4) is 0 Å². The van der Waals surface area contributed by atoms with Crippen molar-refractivity contribution < 1.29 is 0 Å². The van der Waals surface area contributed by atoms with Crippen molar-refractivity contribution in [3.8, 4) is 0 Å². The lowest BCUT2D eigenvalue weighted by Crippen LogP contribution is -2.16. The van der Waals surface area contributed by atoms with Gasteiger partial charge in [0.2, 0.25) is 0 Å². The van der Waals surface area contributed by atoms with Crippen molar-refractivity contribution in [3.05, 3.63) is 34.2 Å². The van der Waals surface area contributed by atoms with Crippen molar-refractivity contribution in [1.29, 1.82) is 0 Å². The van der Waals surface area contributed by atoms with E-state index in [1.54, 1.807) is 0 Å². The van der Waals surface area contributed by atoms with Gasteiger partial charge in [-0.05, 0) is 28.1 Å². The second-order valence-corrected chi connectivity index (χ2v) is 5.72. The molecule has 2 aromatic heterocycles. The summed E-state index contributed by atoms with van der Waals surface area (Å²) in [4.78, 5) is 4.67. The third-order valence-electron chi connectivity index (χ3n) is 2.60. The number of halogens is 1. The predicted octanol–water partition coefficient (Wildman–Crippen LogP) is 2.85. The molecular weight excluding hydrogens is 266 g/mol. The Morgan fingerprint density at radius 3 is 2.62 bits per heavy atom. The van der Waals surface area contributed by atoms with Gasteiger partial charge in [-0.3, -0.25) is 4.40 Å². The molecule has 0 spiro atoms. The standard InChI is InChI=1S/C12H16BrN3/c1-12(2,3)11-8(7-14)16-9(13)5-4-6-10(16)15-11/h4-6H,7,14H2,1-3H3. The Kier molecular flexibility index (Phi) is 2.80. The minimum Gasteiger partial charge on any atom is -0.325 e. The summed E-state index contributed by atoms with van der Waals surface area (Å²) in [5.41, 5.74) is 8.95. The Balaban J connectivity index is 2.83. The van der Waals surface area contributed by atoms with Crippen molar-refractivity contribution in [2.24, 2.45) is 5.73 Å². The summed E-state index contributed by atoms with van der Waals surface area (Å²) in [5.74, 6) is 0. The Hall–Kier alpha value is -0.870. The molecule has 0 radical (unpaired) electrons. The fraction of sp³-hybridized carbons (Fsp3) is 0.417. The zero-order chi connectivity index (χ0) is 11.9. The van der Waals surface area contributed by atoms with Gasteiger partial charge in [0.05, 0.1) is 16.0 Å². The van der Waals surface area contributed by atoms with Crippen LogP contribution in [0.4, 0.5) is 0 Å². The van der Waals surface area contributed by atoms with Crippen LogP contribution in [0.15, 0.2) is 22.8 Å². The van der Waals surface area contributed by atoms with Gasteiger partial charge >= 0.3 is 0 Å². The molecule has 2 N–H and O–H groups in total. The smallest absolute Gasteiger partial charge is 0.138 e. The highest BCUT2D eigenvalue weighted by molar-refractivity contribution is 9.10. The summed E-state index contributed by atoms with van der Waals surface area (Å²) >= 11 is 3.54. The summed E-state index contributed by atoms with van der Waals surface area (Å²) in [7, 11) is 0. The van der Waals surface area contributed by atoms with Gasteiger partial charge in [0.1, 0.15) is 5.65 Å². The number of hydrogen-bond acceptors (Lipinski definition) is 2. The van der Waals surface area contributed by atoms with E-state index in [0.29, 0.717) is 6.54 Å². The molecule has 0 aliphatic carbocycles. The summed E-state index contributed by atoms with van der Waals surface area (Å²) in [6.07, 6.45) is 0. The summed E-state index contributed by atoms with van der Waals surface area (Å²) in [6.45, 7) is 6.96. The van der Waals surface area contributed by atoms with Crippen molar-refractivity contribution in [2.45, 2.75) is 32.7 Å². The molecule has 0 unspecified atom stereocenters. The van der Waals surface area contributed by atoms with Gasteiger partial charge in [0, 0.05) is 12.0 Å². The van der Waals surface area contributed by atoms with Crippen LogP contribution in [-0.4, -0.2) is 9.38 Å². The maximum absolute atomic E-state index is 5.85. The number of aromatic nitrogens is 2. The third-order valence-corrected chi connectivity index (χ3v) is 3.21. The molecule has 2 rings (SSSR count). The minimum atomic E-state index is 0.0141.